The van der Waals surface area contributed by atoms with Crippen molar-refractivity contribution in [3.05, 3.63) is 34.6 Å². The molecule has 3 rings (SSSR count). The Kier molecular flexibility index (Phi) is 3.55. The molecule has 3 aromatic heterocycles. The molecule has 0 spiro atoms. The van der Waals surface area contributed by atoms with E-state index >= 15 is 0 Å². The molecule has 0 bridgehead atoms. The van der Waals surface area contributed by atoms with E-state index in [1.807, 2.05) is 31.0 Å². The first kappa shape index (κ1) is 13.9. The quantitative estimate of drug-likeness (QED) is 0.800. The maximum Gasteiger partial charge on any atom is 0.223 e. The minimum Gasteiger partial charge on any atom is -0.464 e. The van der Waals surface area contributed by atoms with Gasteiger partial charge in [0.05, 0.1) is 11.9 Å². The van der Waals surface area contributed by atoms with Crippen molar-refractivity contribution in [1.29, 1.82) is 0 Å². The summed E-state index contributed by atoms with van der Waals surface area (Å²) in [5.41, 5.74) is 5.85. The highest BCUT2D eigenvalue weighted by atomic mass is 32.1. The van der Waals surface area contributed by atoms with Crippen LogP contribution in [0.1, 0.15) is 23.3 Å². The number of nitrogens with zero attached hydrogens (tertiary/aromatic N) is 3. The summed E-state index contributed by atoms with van der Waals surface area (Å²) in [5, 5.41) is 1.05. The summed E-state index contributed by atoms with van der Waals surface area (Å²) in [4.78, 5) is 13.0. The molecule has 3 aromatic rings. The van der Waals surface area contributed by atoms with Crippen molar-refractivity contribution in [3.8, 4) is 0 Å². The van der Waals surface area contributed by atoms with Crippen molar-refractivity contribution >= 4 is 33.3 Å². The lowest BCUT2D eigenvalue weighted by Crippen LogP contribution is -2.18. The molecule has 0 aliphatic carbocycles. The average molecular weight is 302 g/mol. The fourth-order valence-electron chi connectivity index (χ4n) is 2.32. The molecular formula is C15H18N4OS. The molecule has 0 aromatic carbocycles. The summed E-state index contributed by atoms with van der Waals surface area (Å²) in [5.74, 6) is 2.98. The Morgan fingerprint density at radius 3 is 2.81 bits per heavy atom. The summed E-state index contributed by atoms with van der Waals surface area (Å²) < 4.78 is 5.63. The molecule has 0 aliphatic heterocycles. The number of aryl methyl sites for hydroxylation is 2. The standard InChI is InChI=1S/C15H18N4OS/c1-4-11-7-12-13(17-15(16)18-14(12)21-11)19(3)8-10-6-5-9(2)20-10/h5-7H,4,8H2,1-3H3,(H2,16,17,18). The molecule has 0 radical (unpaired) electrons. The number of rotatable bonds is 4. The normalized spacial score (nSPS) is 11.2. The molecule has 21 heavy (non-hydrogen) atoms. The highest BCUT2D eigenvalue weighted by Crippen LogP contribution is 2.32. The van der Waals surface area contributed by atoms with Crippen molar-refractivity contribution < 1.29 is 4.42 Å². The van der Waals surface area contributed by atoms with Crippen molar-refractivity contribution in [2.75, 3.05) is 17.7 Å². The smallest absolute Gasteiger partial charge is 0.223 e. The second-order valence-electron chi connectivity index (χ2n) is 5.06. The van der Waals surface area contributed by atoms with Crippen LogP contribution in [0.5, 0.6) is 0 Å². The van der Waals surface area contributed by atoms with Gasteiger partial charge >= 0.3 is 0 Å². The van der Waals surface area contributed by atoms with E-state index in [4.69, 9.17) is 10.2 Å². The summed E-state index contributed by atoms with van der Waals surface area (Å²) in [6, 6.07) is 6.10. The zero-order valence-corrected chi connectivity index (χ0v) is 13.2. The number of fused-ring (bicyclic) bond motifs is 1. The van der Waals surface area contributed by atoms with Crippen LogP contribution in [0, 0.1) is 6.92 Å². The summed E-state index contributed by atoms with van der Waals surface area (Å²) >= 11 is 1.67. The Morgan fingerprint density at radius 1 is 1.33 bits per heavy atom. The van der Waals surface area contributed by atoms with Gasteiger partial charge in [0.25, 0.3) is 0 Å². The predicted molar refractivity (Wildman–Crippen MR) is 86.8 cm³/mol. The molecule has 5 nitrogen and oxygen atoms in total. The zero-order valence-electron chi connectivity index (χ0n) is 12.4. The fraction of sp³-hybridized carbons (Fsp3) is 0.333. The van der Waals surface area contributed by atoms with Gasteiger partial charge in [0.2, 0.25) is 5.95 Å². The van der Waals surface area contributed by atoms with Crippen LogP contribution in [0.2, 0.25) is 0 Å². The van der Waals surface area contributed by atoms with E-state index in [-0.39, 0.29) is 0 Å². The van der Waals surface area contributed by atoms with Crippen molar-refractivity contribution in [2.24, 2.45) is 0 Å². The number of furan rings is 1. The Balaban J connectivity index is 1.99. The maximum absolute atomic E-state index is 5.85. The minimum absolute atomic E-state index is 0.310. The van der Waals surface area contributed by atoms with Crippen molar-refractivity contribution in [2.45, 2.75) is 26.8 Å². The number of aromatic nitrogens is 2. The molecule has 0 unspecified atom stereocenters. The van der Waals surface area contributed by atoms with Crippen LogP contribution in [0.4, 0.5) is 11.8 Å². The van der Waals surface area contributed by atoms with E-state index in [0.717, 1.165) is 34.0 Å². The monoisotopic (exact) mass is 302 g/mol. The number of nitrogens with two attached hydrogens (primary N) is 1. The van der Waals surface area contributed by atoms with E-state index in [0.29, 0.717) is 12.5 Å². The zero-order chi connectivity index (χ0) is 15.0. The van der Waals surface area contributed by atoms with Crippen LogP contribution in [-0.4, -0.2) is 17.0 Å². The van der Waals surface area contributed by atoms with E-state index in [1.54, 1.807) is 11.3 Å². The maximum atomic E-state index is 5.85. The third-order valence-corrected chi connectivity index (χ3v) is 4.51. The summed E-state index contributed by atoms with van der Waals surface area (Å²) in [6.45, 7) is 4.73. The van der Waals surface area contributed by atoms with Gasteiger partial charge in [-0.3, -0.25) is 0 Å². The van der Waals surface area contributed by atoms with Crippen LogP contribution in [0.15, 0.2) is 22.6 Å². The summed E-state index contributed by atoms with van der Waals surface area (Å²) in [7, 11) is 1.99. The molecule has 0 saturated heterocycles. The summed E-state index contributed by atoms with van der Waals surface area (Å²) in [6.07, 6.45) is 0.988. The molecule has 0 fully saturated rings. The van der Waals surface area contributed by atoms with Gasteiger partial charge in [-0.25, -0.2) is 4.98 Å². The highest BCUT2D eigenvalue weighted by molar-refractivity contribution is 7.18. The van der Waals surface area contributed by atoms with Crippen LogP contribution in [-0.2, 0) is 13.0 Å². The first-order valence-electron chi connectivity index (χ1n) is 6.89. The van der Waals surface area contributed by atoms with Crippen LogP contribution >= 0.6 is 11.3 Å². The van der Waals surface area contributed by atoms with Crippen molar-refractivity contribution in [3.63, 3.8) is 0 Å². The number of nitrogen functional groups attached to an aromatic ring is 1. The van der Waals surface area contributed by atoms with E-state index in [9.17, 15) is 0 Å². The fourth-order valence-corrected chi connectivity index (χ4v) is 3.29. The van der Waals surface area contributed by atoms with Gasteiger partial charge in [-0.05, 0) is 31.5 Å². The second kappa shape index (κ2) is 5.37. The van der Waals surface area contributed by atoms with Crippen LogP contribution < -0.4 is 10.6 Å². The molecular weight excluding hydrogens is 284 g/mol. The van der Waals surface area contributed by atoms with Gasteiger partial charge in [-0.1, -0.05) is 6.92 Å². The first-order chi connectivity index (χ1) is 10.1. The lowest BCUT2D eigenvalue weighted by Gasteiger charge is -2.17. The molecule has 0 saturated carbocycles. The van der Waals surface area contributed by atoms with Gasteiger partial charge in [0.1, 0.15) is 22.2 Å². The lowest BCUT2D eigenvalue weighted by molar-refractivity contribution is 0.481. The Hall–Kier alpha value is -2.08. The average Bonchev–Trinajstić information content (AvgIpc) is 3.03. The molecule has 0 atom stereocenters. The van der Waals surface area contributed by atoms with E-state index < -0.39 is 0 Å². The topological polar surface area (TPSA) is 68.2 Å². The highest BCUT2D eigenvalue weighted by Gasteiger charge is 2.15. The van der Waals surface area contributed by atoms with E-state index in [2.05, 4.69) is 23.0 Å². The SMILES string of the molecule is CCc1cc2c(N(C)Cc3ccc(C)o3)nc(N)nc2s1. The van der Waals surface area contributed by atoms with Crippen molar-refractivity contribution in [1.82, 2.24) is 9.97 Å². The number of anilines is 2. The van der Waals surface area contributed by atoms with Crippen LogP contribution in [0.25, 0.3) is 10.2 Å². The van der Waals surface area contributed by atoms with Gasteiger partial charge in [0.15, 0.2) is 0 Å². The lowest BCUT2D eigenvalue weighted by atomic mass is 10.3. The molecule has 110 valence electrons. The number of hydrogen-bond donors (Lipinski definition) is 1. The number of thiophene rings is 1. The molecule has 0 amide bonds. The van der Waals surface area contributed by atoms with Gasteiger partial charge < -0.3 is 15.1 Å². The Labute approximate surface area is 127 Å². The predicted octanol–water partition coefficient (Wildman–Crippen LogP) is 3.37. The van der Waals surface area contributed by atoms with Gasteiger partial charge in [-0.15, -0.1) is 11.3 Å². The third-order valence-electron chi connectivity index (χ3n) is 3.34. The second-order valence-corrected chi connectivity index (χ2v) is 6.17. The Bertz CT molecular complexity index is 777. The largest absolute Gasteiger partial charge is 0.464 e. The Morgan fingerprint density at radius 2 is 2.14 bits per heavy atom. The van der Waals surface area contributed by atoms with Crippen LogP contribution in [0.3, 0.4) is 0 Å². The van der Waals surface area contributed by atoms with E-state index in [1.165, 1.54) is 4.88 Å². The molecule has 0 aliphatic rings. The van der Waals surface area contributed by atoms with Gasteiger partial charge in [0, 0.05) is 11.9 Å². The number of hydrogen-bond acceptors (Lipinski definition) is 6. The minimum atomic E-state index is 0.310. The first-order valence-corrected chi connectivity index (χ1v) is 7.71. The van der Waals surface area contributed by atoms with Gasteiger partial charge in [-0.2, -0.15) is 4.98 Å². The molecule has 2 N–H and O–H groups in total. The molecule has 6 heteroatoms. The molecule has 3 heterocycles. The third kappa shape index (κ3) is 2.71.